The normalized spacial score (nSPS) is 10.9. The van der Waals surface area contributed by atoms with Gasteiger partial charge in [0.2, 0.25) is 0 Å². The SMILES string of the molecule is COc1ccccc1-c1ccc(Cc2nc(-c3ccc(Cl)cc3Cl)cn2Cc2ccc(C(=O)O)cc2)cc1. The molecule has 190 valence electrons. The number of hydrogen-bond donors (Lipinski definition) is 1. The van der Waals surface area contributed by atoms with Crippen LogP contribution in [0, 0.1) is 0 Å². The number of carboxylic acid groups (broad SMARTS) is 1. The number of methoxy groups -OCH3 is 1. The lowest BCUT2D eigenvalue weighted by atomic mass is 10.0. The summed E-state index contributed by atoms with van der Waals surface area (Å²) in [7, 11) is 1.67. The first kappa shape index (κ1) is 25.6. The van der Waals surface area contributed by atoms with Crippen molar-refractivity contribution in [1.29, 1.82) is 0 Å². The molecule has 1 heterocycles. The van der Waals surface area contributed by atoms with Crippen molar-refractivity contribution >= 4 is 29.2 Å². The van der Waals surface area contributed by atoms with Crippen LogP contribution in [0.5, 0.6) is 5.75 Å². The molecular weight excluding hydrogens is 519 g/mol. The maximum absolute atomic E-state index is 11.3. The third-order valence-electron chi connectivity index (χ3n) is 6.35. The monoisotopic (exact) mass is 542 g/mol. The van der Waals surface area contributed by atoms with Crippen molar-refractivity contribution in [3.63, 3.8) is 0 Å². The van der Waals surface area contributed by atoms with Crippen molar-refractivity contribution < 1.29 is 14.6 Å². The van der Waals surface area contributed by atoms with E-state index in [1.54, 1.807) is 31.4 Å². The maximum Gasteiger partial charge on any atom is 0.335 e. The minimum atomic E-state index is -0.948. The second-order valence-corrected chi connectivity index (χ2v) is 9.71. The Bertz CT molecular complexity index is 1590. The van der Waals surface area contributed by atoms with E-state index in [1.807, 2.05) is 48.7 Å². The highest BCUT2D eigenvalue weighted by molar-refractivity contribution is 6.36. The molecule has 1 N–H and O–H groups in total. The summed E-state index contributed by atoms with van der Waals surface area (Å²) in [6.45, 7) is 0.534. The highest BCUT2D eigenvalue weighted by Crippen LogP contribution is 2.32. The third-order valence-corrected chi connectivity index (χ3v) is 6.90. The maximum atomic E-state index is 11.3. The molecule has 4 aromatic carbocycles. The number of aromatic nitrogens is 2. The lowest BCUT2D eigenvalue weighted by Gasteiger charge is -2.10. The first-order chi connectivity index (χ1) is 18.4. The fourth-order valence-electron chi connectivity index (χ4n) is 4.38. The topological polar surface area (TPSA) is 64.4 Å². The number of benzene rings is 4. The van der Waals surface area contributed by atoms with Gasteiger partial charge in [0.15, 0.2) is 0 Å². The zero-order valence-electron chi connectivity index (χ0n) is 20.6. The lowest BCUT2D eigenvalue weighted by molar-refractivity contribution is 0.0697. The molecule has 1 aromatic heterocycles. The molecule has 5 aromatic rings. The summed E-state index contributed by atoms with van der Waals surface area (Å²) >= 11 is 12.6. The molecule has 0 atom stereocenters. The number of imidazole rings is 1. The standard InChI is InChI=1S/C31H24Cl2N2O3/c1-38-29-5-3-2-4-25(29)22-10-6-20(7-11-22)16-30-34-28(26-15-14-24(32)17-27(26)33)19-35(30)18-21-8-12-23(13-9-21)31(36)37/h2-15,17,19H,16,18H2,1H3,(H,36,37). The highest BCUT2D eigenvalue weighted by atomic mass is 35.5. The zero-order valence-corrected chi connectivity index (χ0v) is 22.1. The van der Waals surface area contributed by atoms with E-state index in [-0.39, 0.29) is 5.56 Å². The number of carbonyl (C=O) groups is 1. The Morgan fingerprint density at radius 3 is 2.29 bits per heavy atom. The van der Waals surface area contributed by atoms with Crippen LogP contribution in [0.1, 0.15) is 27.3 Å². The summed E-state index contributed by atoms with van der Waals surface area (Å²) in [5, 5.41) is 10.3. The van der Waals surface area contributed by atoms with E-state index in [9.17, 15) is 9.90 Å². The van der Waals surface area contributed by atoms with Gasteiger partial charge in [-0.05, 0) is 53.1 Å². The zero-order chi connectivity index (χ0) is 26.6. The average molecular weight is 543 g/mol. The fourth-order valence-corrected chi connectivity index (χ4v) is 4.88. The molecular formula is C31H24Cl2N2O3. The Kier molecular flexibility index (Phi) is 7.50. The lowest BCUT2D eigenvalue weighted by Crippen LogP contribution is -2.05. The van der Waals surface area contributed by atoms with Gasteiger partial charge in [-0.15, -0.1) is 0 Å². The molecule has 38 heavy (non-hydrogen) atoms. The Balaban J connectivity index is 1.47. The summed E-state index contributed by atoms with van der Waals surface area (Å²) in [4.78, 5) is 16.2. The predicted octanol–water partition coefficient (Wildman–Crippen LogP) is 7.87. The van der Waals surface area contributed by atoms with E-state index in [1.165, 1.54) is 0 Å². The molecule has 0 amide bonds. The first-order valence-electron chi connectivity index (χ1n) is 12.0. The largest absolute Gasteiger partial charge is 0.496 e. The summed E-state index contributed by atoms with van der Waals surface area (Å²) < 4.78 is 7.59. The Labute approximate surface area is 230 Å². The number of hydrogen-bond acceptors (Lipinski definition) is 3. The molecule has 0 spiro atoms. The van der Waals surface area contributed by atoms with Gasteiger partial charge in [0.1, 0.15) is 11.6 Å². The van der Waals surface area contributed by atoms with Crippen molar-refractivity contribution in [1.82, 2.24) is 9.55 Å². The Morgan fingerprint density at radius 1 is 0.895 bits per heavy atom. The molecule has 0 radical (unpaired) electrons. The Hall–Kier alpha value is -4.06. The van der Waals surface area contributed by atoms with Crippen LogP contribution in [0.2, 0.25) is 10.0 Å². The number of halogens is 2. The van der Waals surface area contributed by atoms with Gasteiger partial charge in [-0.3, -0.25) is 0 Å². The second-order valence-electron chi connectivity index (χ2n) is 8.87. The molecule has 0 unspecified atom stereocenters. The van der Waals surface area contributed by atoms with Crippen molar-refractivity contribution in [2.24, 2.45) is 0 Å². The van der Waals surface area contributed by atoms with E-state index in [0.717, 1.165) is 45.1 Å². The van der Waals surface area contributed by atoms with Crippen molar-refractivity contribution in [3.8, 4) is 28.1 Å². The van der Waals surface area contributed by atoms with Crippen molar-refractivity contribution in [2.45, 2.75) is 13.0 Å². The minimum Gasteiger partial charge on any atom is -0.496 e. The van der Waals surface area contributed by atoms with E-state index in [0.29, 0.717) is 23.0 Å². The van der Waals surface area contributed by atoms with Crippen molar-refractivity contribution in [2.75, 3.05) is 7.11 Å². The van der Waals surface area contributed by atoms with E-state index in [4.69, 9.17) is 32.9 Å². The van der Waals surface area contributed by atoms with Crippen LogP contribution in [0.4, 0.5) is 0 Å². The molecule has 7 heteroatoms. The van der Waals surface area contributed by atoms with Gasteiger partial charge in [0.25, 0.3) is 0 Å². The van der Waals surface area contributed by atoms with Crippen LogP contribution in [0.3, 0.4) is 0 Å². The van der Waals surface area contributed by atoms with Crippen molar-refractivity contribution in [3.05, 3.63) is 130 Å². The molecule has 0 aliphatic carbocycles. The van der Waals surface area contributed by atoms with Gasteiger partial charge in [0, 0.05) is 35.3 Å². The van der Waals surface area contributed by atoms with E-state index < -0.39 is 5.97 Å². The summed E-state index contributed by atoms with van der Waals surface area (Å²) in [5.41, 5.74) is 5.97. The van der Waals surface area contributed by atoms with E-state index in [2.05, 4.69) is 28.8 Å². The second kappa shape index (κ2) is 11.1. The summed E-state index contributed by atoms with van der Waals surface area (Å²) in [6, 6.07) is 28.5. The van der Waals surface area contributed by atoms with Crippen LogP contribution in [0.15, 0.2) is 97.2 Å². The van der Waals surface area contributed by atoms with Gasteiger partial charge in [-0.25, -0.2) is 9.78 Å². The molecule has 0 bridgehead atoms. The number of aromatic carboxylic acids is 1. The fraction of sp³-hybridized carbons (Fsp3) is 0.0968. The van der Waals surface area contributed by atoms with Gasteiger partial charge < -0.3 is 14.4 Å². The summed E-state index contributed by atoms with van der Waals surface area (Å²) in [6.07, 6.45) is 2.57. The number of rotatable bonds is 8. The molecule has 0 saturated carbocycles. The van der Waals surface area contributed by atoms with Crippen LogP contribution in [-0.4, -0.2) is 27.7 Å². The first-order valence-corrected chi connectivity index (χ1v) is 12.7. The summed E-state index contributed by atoms with van der Waals surface area (Å²) in [5.74, 6) is 0.740. The van der Waals surface area contributed by atoms with Crippen LogP contribution < -0.4 is 4.74 Å². The predicted molar refractivity (Wildman–Crippen MR) is 151 cm³/mol. The number of ether oxygens (including phenoxy) is 1. The van der Waals surface area contributed by atoms with E-state index >= 15 is 0 Å². The third kappa shape index (κ3) is 5.59. The van der Waals surface area contributed by atoms with Gasteiger partial charge in [0.05, 0.1) is 23.4 Å². The minimum absolute atomic E-state index is 0.253. The molecule has 0 fully saturated rings. The number of nitrogens with zero attached hydrogens (tertiary/aromatic N) is 2. The molecule has 0 aliphatic rings. The number of carboxylic acids is 1. The smallest absolute Gasteiger partial charge is 0.335 e. The van der Waals surface area contributed by atoms with Crippen LogP contribution in [0.25, 0.3) is 22.4 Å². The van der Waals surface area contributed by atoms with Crippen LogP contribution >= 0.6 is 23.2 Å². The van der Waals surface area contributed by atoms with Crippen LogP contribution in [-0.2, 0) is 13.0 Å². The molecule has 0 saturated heterocycles. The molecule has 5 rings (SSSR count). The average Bonchev–Trinajstić information content (AvgIpc) is 3.30. The molecule has 5 nitrogen and oxygen atoms in total. The quantitative estimate of drug-likeness (QED) is 0.216. The Morgan fingerprint density at radius 2 is 1.61 bits per heavy atom. The molecule has 0 aliphatic heterocycles. The van der Waals surface area contributed by atoms with Gasteiger partial charge in [-0.2, -0.15) is 0 Å². The highest BCUT2D eigenvalue weighted by Gasteiger charge is 2.15. The van der Waals surface area contributed by atoms with Gasteiger partial charge >= 0.3 is 5.97 Å². The number of para-hydroxylation sites is 1. The van der Waals surface area contributed by atoms with Gasteiger partial charge in [-0.1, -0.05) is 77.8 Å².